The van der Waals surface area contributed by atoms with Crippen LogP contribution in [0.15, 0.2) is 23.3 Å². The van der Waals surface area contributed by atoms with Crippen molar-refractivity contribution in [1.29, 1.82) is 10.5 Å². The van der Waals surface area contributed by atoms with Crippen LogP contribution >= 0.6 is 11.6 Å². The van der Waals surface area contributed by atoms with Crippen molar-refractivity contribution < 1.29 is 13.2 Å². The Labute approximate surface area is 82.5 Å². The van der Waals surface area contributed by atoms with E-state index in [-0.39, 0.29) is 6.08 Å². The average Bonchev–Trinajstić information content (AvgIpc) is 2.15. The lowest BCUT2D eigenvalue weighted by molar-refractivity contribution is 0.317. The number of hydrogen-bond donors (Lipinski definition) is 0. The molecule has 0 radical (unpaired) electrons. The second kappa shape index (κ2) is 3.36. The number of hydrogen-bond acceptors (Lipinski definition) is 2. The summed E-state index contributed by atoms with van der Waals surface area (Å²) in [4.78, 5) is -2.62. The lowest BCUT2D eigenvalue weighted by atomic mass is 9.91. The zero-order chi connectivity index (χ0) is 10.9. The van der Waals surface area contributed by atoms with Crippen LogP contribution in [0.4, 0.5) is 13.2 Å². The fourth-order valence-corrected chi connectivity index (χ4v) is 1.12. The summed E-state index contributed by atoms with van der Waals surface area (Å²) >= 11 is 5.27. The van der Waals surface area contributed by atoms with Crippen molar-refractivity contribution in [2.45, 2.75) is 11.0 Å². The highest BCUT2D eigenvalue weighted by Crippen LogP contribution is 2.40. The van der Waals surface area contributed by atoms with Crippen LogP contribution in [-0.4, -0.2) is 11.0 Å². The van der Waals surface area contributed by atoms with Crippen LogP contribution in [0.3, 0.4) is 0 Å². The van der Waals surface area contributed by atoms with Crippen molar-refractivity contribution in [3.8, 4) is 12.1 Å². The molecule has 14 heavy (non-hydrogen) atoms. The third kappa shape index (κ3) is 1.26. The minimum atomic E-state index is -2.62. The van der Waals surface area contributed by atoms with Gasteiger partial charge in [0, 0.05) is 6.08 Å². The fourth-order valence-electron chi connectivity index (χ4n) is 0.955. The van der Waals surface area contributed by atoms with E-state index in [0.29, 0.717) is 0 Å². The molecule has 72 valence electrons. The van der Waals surface area contributed by atoms with Gasteiger partial charge in [-0.15, -0.1) is 0 Å². The van der Waals surface area contributed by atoms with Crippen LogP contribution < -0.4 is 0 Å². The molecule has 1 aliphatic carbocycles. The first-order valence-corrected chi connectivity index (χ1v) is 3.77. The topological polar surface area (TPSA) is 47.6 Å². The zero-order valence-electron chi connectivity index (χ0n) is 6.56. The van der Waals surface area contributed by atoms with Crippen LogP contribution in [0.25, 0.3) is 0 Å². The second-order valence-corrected chi connectivity index (χ2v) is 3.15. The Morgan fingerprint density at radius 1 is 1.43 bits per heavy atom. The lowest BCUT2D eigenvalue weighted by Crippen LogP contribution is -2.36. The van der Waals surface area contributed by atoms with Crippen LogP contribution in [0, 0.1) is 22.7 Å². The van der Waals surface area contributed by atoms with Gasteiger partial charge in [-0.05, 0) is 0 Å². The molecule has 0 aromatic heterocycles. The lowest BCUT2D eigenvalue weighted by Gasteiger charge is -2.24. The van der Waals surface area contributed by atoms with Gasteiger partial charge in [0.2, 0.25) is 4.87 Å². The minimum absolute atomic E-state index is 0.241. The van der Waals surface area contributed by atoms with Crippen molar-refractivity contribution in [3.05, 3.63) is 23.3 Å². The highest BCUT2D eigenvalue weighted by molar-refractivity contribution is 6.28. The highest BCUT2D eigenvalue weighted by atomic mass is 35.5. The van der Waals surface area contributed by atoms with Crippen molar-refractivity contribution >= 4 is 11.6 Å². The standard InChI is InChI=1S/C8H2ClF3N2/c9-8(3-14)6(11)1-5(10)4(2-13)7(8)12/h1,7H. The van der Waals surface area contributed by atoms with Gasteiger partial charge in [0.1, 0.15) is 23.3 Å². The Morgan fingerprint density at radius 2 is 2.00 bits per heavy atom. The van der Waals surface area contributed by atoms with Crippen LogP contribution in [-0.2, 0) is 0 Å². The summed E-state index contributed by atoms with van der Waals surface area (Å²) in [5.74, 6) is -2.78. The number of nitriles is 2. The van der Waals surface area contributed by atoms with E-state index in [1.165, 1.54) is 6.07 Å². The second-order valence-electron chi connectivity index (χ2n) is 2.55. The van der Waals surface area contributed by atoms with Crippen molar-refractivity contribution in [2.75, 3.05) is 0 Å². The Kier molecular flexibility index (Phi) is 2.55. The molecule has 2 unspecified atom stereocenters. The van der Waals surface area contributed by atoms with Gasteiger partial charge in [-0.25, -0.2) is 13.2 Å². The van der Waals surface area contributed by atoms with E-state index >= 15 is 0 Å². The summed E-state index contributed by atoms with van der Waals surface area (Å²) < 4.78 is 38.9. The largest absolute Gasteiger partial charge is 0.238 e. The normalized spacial score (nSPS) is 31.9. The summed E-state index contributed by atoms with van der Waals surface area (Å²) in [5.41, 5.74) is -0.969. The van der Waals surface area contributed by atoms with Crippen molar-refractivity contribution in [3.63, 3.8) is 0 Å². The van der Waals surface area contributed by atoms with Crippen molar-refractivity contribution in [2.24, 2.45) is 0 Å². The molecule has 0 N–H and O–H groups in total. The summed E-state index contributed by atoms with van der Waals surface area (Å²) in [6, 6.07) is 2.36. The molecule has 0 aromatic carbocycles. The van der Waals surface area contributed by atoms with Gasteiger partial charge in [-0.3, -0.25) is 0 Å². The Balaban J connectivity index is 3.36. The van der Waals surface area contributed by atoms with Gasteiger partial charge >= 0.3 is 0 Å². The van der Waals surface area contributed by atoms with Gasteiger partial charge in [0.25, 0.3) is 0 Å². The number of alkyl halides is 2. The summed E-state index contributed by atoms with van der Waals surface area (Å²) in [7, 11) is 0. The molecule has 0 heterocycles. The molecule has 0 spiro atoms. The van der Waals surface area contributed by atoms with Crippen LogP contribution in [0.5, 0.6) is 0 Å². The molecule has 0 aliphatic heterocycles. The number of allylic oxidation sites excluding steroid dienone is 4. The SMILES string of the molecule is N#CC1=C(F)C=C(F)C(Cl)(C#N)C1F. The quantitative estimate of drug-likeness (QED) is 0.587. The summed E-state index contributed by atoms with van der Waals surface area (Å²) in [5, 5.41) is 16.8. The van der Waals surface area contributed by atoms with Gasteiger partial charge in [-0.2, -0.15) is 10.5 Å². The maximum atomic E-state index is 13.2. The van der Waals surface area contributed by atoms with E-state index in [0.717, 1.165) is 6.07 Å². The molecule has 0 amide bonds. The van der Waals surface area contributed by atoms with Crippen LogP contribution in [0.1, 0.15) is 0 Å². The predicted molar refractivity (Wildman–Crippen MR) is 42.0 cm³/mol. The average molecular weight is 219 g/mol. The molecule has 2 nitrogen and oxygen atoms in total. The minimum Gasteiger partial charge on any atom is -0.238 e. The van der Waals surface area contributed by atoms with E-state index in [1.54, 1.807) is 0 Å². The molecule has 0 bridgehead atoms. The van der Waals surface area contributed by atoms with E-state index in [2.05, 4.69) is 0 Å². The monoisotopic (exact) mass is 218 g/mol. The van der Waals surface area contributed by atoms with Crippen molar-refractivity contribution in [1.82, 2.24) is 0 Å². The molecule has 0 saturated heterocycles. The first-order valence-electron chi connectivity index (χ1n) is 3.39. The Hall–Kier alpha value is -1.46. The zero-order valence-corrected chi connectivity index (χ0v) is 7.32. The first-order chi connectivity index (χ1) is 6.47. The smallest absolute Gasteiger partial charge is 0.217 e. The van der Waals surface area contributed by atoms with Gasteiger partial charge in [0.15, 0.2) is 6.17 Å². The molecule has 1 aliphatic rings. The molecular weight excluding hydrogens is 217 g/mol. The number of rotatable bonds is 0. The van der Waals surface area contributed by atoms with E-state index in [9.17, 15) is 13.2 Å². The Bertz CT molecular complexity index is 415. The molecule has 1 rings (SSSR count). The molecule has 0 fully saturated rings. The van der Waals surface area contributed by atoms with Gasteiger partial charge < -0.3 is 0 Å². The molecule has 6 heteroatoms. The Morgan fingerprint density at radius 3 is 2.43 bits per heavy atom. The number of halogens is 4. The van der Waals surface area contributed by atoms with Gasteiger partial charge in [-0.1, -0.05) is 11.6 Å². The molecule has 0 aromatic rings. The fraction of sp³-hybridized carbons (Fsp3) is 0.250. The summed E-state index contributed by atoms with van der Waals surface area (Å²) in [6.45, 7) is 0. The maximum Gasteiger partial charge on any atom is 0.217 e. The molecule has 2 atom stereocenters. The van der Waals surface area contributed by atoms with Gasteiger partial charge in [0.05, 0.1) is 6.07 Å². The molecular formula is C8H2ClF3N2. The van der Waals surface area contributed by atoms with Crippen LogP contribution in [0.2, 0.25) is 0 Å². The maximum absolute atomic E-state index is 13.2. The molecule has 0 saturated carbocycles. The summed E-state index contributed by atoms with van der Waals surface area (Å²) in [6.07, 6.45) is -2.26. The predicted octanol–water partition coefficient (Wildman–Crippen LogP) is 2.44. The third-order valence-electron chi connectivity index (χ3n) is 1.74. The third-order valence-corrected chi connectivity index (χ3v) is 2.20. The highest BCUT2D eigenvalue weighted by Gasteiger charge is 2.48. The first kappa shape index (κ1) is 10.6. The van der Waals surface area contributed by atoms with E-state index in [1.807, 2.05) is 0 Å². The van der Waals surface area contributed by atoms with E-state index < -0.39 is 28.3 Å². The number of nitrogens with zero attached hydrogens (tertiary/aromatic N) is 2. The van der Waals surface area contributed by atoms with E-state index in [4.69, 9.17) is 22.1 Å².